The van der Waals surface area contributed by atoms with Crippen LogP contribution in [0.3, 0.4) is 0 Å². The first-order chi connectivity index (χ1) is 8.90. The molecule has 0 aromatic carbocycles. The van der Waals surface area contributed by atoms with Gasteiger partial charge in [0.05, 0.1) is 5.41 Å². The molecule has 2 aromatic rings. The molecule has 2 aliphatic heterocycles. The Morgan fingerprint density at radius 3 is 3.11 bits per heavy atom. The van der Waals surface area contributed by atoms with Crippen molar-refractivity contribution in [3.8, 4) is 0 Å². The lowest BCUT2D eigenvalue weighted by atomic mass is 9.72. The highest BCUT2D eigenvalue weighted by molar-refractivity contribution is 7.11. The van der Waals surface area contributed by atoms with Gasteiger partial charge < -0.3 is 9.88 Å². The second kappa shape index (κ2) is 3.80. The quantitative estimate of drug-likeness (QED) is 0.786. The van der Waals surface area contributed by atoms with Gasteiger partial charge in [0.15, 0.2) is 0 Å². The number of hydrogen-bond acceptors (Lipinski definition) is 3. The number of nitrogens with zero attached hydrogens (tertiary/aromatic N) is 2. The zero-order chi connectivity index (χ0) is 12.0. The number of aromatic nitrogens is 2. The molecule has 0 radical (unpaired) electrons. The lowest BCUT2D eigenvalue weighted by molar-refractivity contribution is 0.345. The summed E-state index contributed by atoms with van der Waals surface area (Å²) < 4.78 is 2.19. The largest absolute Gasteiger partial charge is 0.317 e. The van der Waals surface area contributed by atoms with Gasteiger partial charge in [-0.2, -0.15) is 0 Å². The van der Waals surface area contributed by atoms with Crippen molar-refractivity contribution < 1.29 is 0 Å². The highest BCUT2D eigenvalue weighted by Crippen LogP contribution is 2.44. The van der Waals surface area contributed by atoms with Crippen molar-refractivity contribution in [1.29, 1.82) is 0 Å². The molecule has 4 heteroatoms. The average Bonchev–Trinajstić information content (AvgIpc) is 3.05. The Balaban J connectivity index is 2.00. The highest BCUT2D eigenvalue weighted by atomic mass is 32.1. The molecular weight excluding hydrogens is 242 g/mol. The molecule has 1 fully saturated rings. The second-order valence-electron chi connectivity index (χ2n) is 5.00. The van der Waals surface area contributed by atoms with Crippen LogP contribution in [0.2, 0.25) is 0 Å². The van der Waals surface area contributed by atoms with Gasteiger partial charge in [-0.05, 0) is 49.0 Å². The number of nitrogens with one attached hydrogen (secondary N) is 1. The molecule has 92 valence electrons. The van der Waals surface area contributed by atoms with Crippen LogP contribution in [-0.2, 0) is 5.41 Å². The third kappa shape index (κ3) is 1.30. The Morgan fingerprint density at radius 1 is 1.33 bits per heavy atom. The summed E-state index contributed by atoms with van der Waals surface area (Å²) >= 11 is 1.83. The van der Waals surface area contributed by atoms with Crippen LogP contribution in [0.25, 0.3) is 12.3 Å². The van der Waals surface area contributed by atoms with Crippen LogP contribution in [0.5, 0.6) is 0 Å². The maximum absolute atomic E-state index is 4.66. The van der Waals surface area contributed by atoms with Crippen molar-refractivity contribution in [2.24, 2.45) is 0 Å². The second-order valence-corrected chi connectivity index (χ2v) is 5.95. The molecule has 3 nitrogen and oxygen atoms in total. The summed E-state index contributed by atoms with van der Waals surface area (Å²) in [6, 6.07) is 2.29. The van der Waals surface area contributed by atoms with Crippen LogP contribution in [0, 0.1) is 0 Å². The summed E-state index contributed by atoms with van der Waals surface area (Å²) in [5, 5.41) is 5.67. The van der Waals surface area contributed by atoms with Crippen molar-refractivity contribution in [2.45, 2.75) is 18.3 Å². The minimum absolute atomic E-state index is 0.105. The van der Waals surface area contributed by atoms with Crippen LogP contribution in [0.15, 0.2) is 23.8 Å². The first-order valence-electron chi connectivity index (χ1n) is 6.40. The van der Waals surface area contributed by atoms with Gasteiger partial charge in [0.1, 0.15) is 5.82 Å². The zero-order valence-electron chi connectivity index (χ0n) is 10.1. The van der Waals surface area contributed by atoms with E-state index in [9.17, 15) is 0 Å². The molecule has 0 aliphatic carbocycles. The molecular formula is C14H15N3S. The smallest absolute Gasteiger partial charge is 0.123 e. The number of fused-ring (bicyclic) bond motifs is 4. The highest BCUT2D eigenvalue weighted by Gasteiger charge is 2.41. The van der Waals surface area contributed by atoms with Crippen LogP contribution in [-0.4, -0.2) is 22.6 Å². The summed E-state index contributed by atoms with van der Waals surface area (Å²) in [5.41, 5.74) is 1.57. The molecule has 2 aromatic heterocycles. The van der Waals surface area contributed by atoms with E-state index >= 15 is 0 Å². The lowest BCUT2D eigenvalue weighted by Gasteiger charge is -2.36. The van der Waals surface area contributed by atoms with Crippen molar-refractivity contribution in [1.82, 2.24) is 14.9 Å². The standard InChI is InChI=1S/C14H15N3S/c1-8-17-9-7-16-13(17)14(3-5-15-6-4-14)11-2-10-18-12(1)11/h1-2,7-10,15H,3-6H2. The van der Waals surface area contributed by atoms with Gasteiger partial charge in [-0.25, -0.2) is 4.98 Å². The fourth-order valence-corrected chi connectivity index (χ4v) is 4.14. The Hall–Kier alpha value is -1.39. The van der Waals surface area contributed by atoms with E-state index in [0.29, 0.717) is 0 Å². The molecule has 0 bridgehead atoms. The van der Waals surface area contributed by atoms with E-state index in [2.05, 4.69) is 44.8 Å². The lowest BCUT2D eigenvalue weighted by Crippen LogP contribution is -2.42. The molecule has 1 N–H and O–H groups in total. The van der Waals surface area contributed by atoms with E-state index in [1.165, 1.54) is 16.3 Å². The predicted molar refractivity (Wildman–Crippen MR) is 74.7 cm³/mol. The van der Waals surface area contributed by atoms with Crippen LogP contribution < -0.4 is 5.32 Å². The molecule has 18 heavy (non-hydrogen) atoms. The first kappa shape index (κ1) is 10.5. The normalized spacial score (nSPS) is 20.4. The number of imidazole rings is 1. The summed E-state index contributed by atoms with van der Waals surface area (Å²) in [7, 11) is 0. The predicted octanol–water partition coefficient (Wildman–Crippen LogP) is 2.56. The van der Waals surface area contributed by atoms with Crippen LogP contribution in [0.4, 0.5) is 0 Å². The Morgan fingerprint density at radius 2 is 2.22 bits per heavy atom. The van der Waals surface area contributed by atoms with Crippen molar-refractivity contribution in [3.63, 3.8) is 0 Å². The van der Waals surface area contributed by atoms with E-state index in [1.54, 1.807) is 0 Å². The molecule has 2 aliphatic rings. The van der Waals surface area contributed by atoms with Gasteiger partial charge in [0, 0.05) is 23.5 Å². The molecule has 1 spiro atoms. The molecule has 0 atom stereocenters. The Kier molecular flexibility index (Phi) is 2.22. The Labute approximate surface area is 110 Å². The van der Waals surface area contributed by atoms with Crippen molar-refractivity contribution >= 4 is 23.6 Å². The van der Waals surface area contributed by atoms with Crippen molar-refractivity contribution in [3.05, 3.63) is 40.1 Å². The molecule has 1 saturated heterocycles. The summed E-state index contributed by atoms with van der Waals surface area (Å²) in [6.07, 6.45) is 10.6. The number of hydrogen-bond donors (Lipinski definition) is 1. The summed E-state index contributed by atoms with van der Waals surface area (Å²) in [5.74, 6) is 1.21. The van der Waals surface area contributed by atoms with E-state index in [0.717, 1.165) is 25.9 Å². The average molecular weight is 257 g/mol. The van der Waals surface area contributed by atoms with Gasteiger partial charge in [-0.15, -0.1) is 11.3 Å². The number of thiophene rings is 1. The molecule has 0 unspecified atom stereocenters. The van der Waals surface area contributed by atoms with Crippen LogP contribution in [0.1, 0.15) is 29.1 Å². The van der Waals surface area contributed by atoms with Gasteiger partial charge >= 0.3 is 0 Å². The molecule has 4 heterocycles. The first-order valence-corrected chi connectivity index (χ1v) is 7.28. The Bertz CT molecular complexity index is 556. The van der Waals surface area contributed by atoms with E-state index in [-0.39, 0.29) is 5.41 Å². The van der Waals surface area contributed by atoms with Gasteiger partial charge in [-0.3, -0.25) is 0 Å². The number of piperidine rings is 1. The maximum Gasteiger partial charge on any atom is 0.123 e. The number of rotatable bonds is 0. The fourth-order valence-electron chi connectivity index (χ4n) is 3.26. The topological polar surface area (TPSA) is 29.9 Å². The molecule has 0 saturated carbocycles. The SMILES string of the molecule is C1=Cn2ccnc2C2(CCNCC2)c2ccsc21. The minimum atomic E-state index is 0.105. The van der Waals surface area contributed by atoms with Gasteiger partial charge in [0.2, 0.25) is 0 Å². The van der Waals surface area contributed by atoms with Crippen molar-refractivity contribution in [2.75, 3.05) is 13.1 Å². The van der Waals surface area contributed by atoms with E-state index in [1.807, 2.05) is 17.5 Å². The van der Waals surface area contributed by atoms with Gasteiger partial charge in [0.25, 0.3) is 0 Å². The summed E-state index contributed by atoms with van der Waals surface area (Å²) in [6.45, 7) is 2.14. The van der Waals surface area contributed by atoms with E-state index in [4.69, 9.17) is 0 Å². The molecule has 0 amide bonds. The monoisotopic (exact) mass is 257 g/mol. The molecule has 4 rings (SSSR count). The zero-order valence-corrected chi connectivity index (χ0v) is 10.9. The summed E-state index contributed by atoms with van der Waals surface area (Å²) in [4.78, 5) is 6.05. The van der Waals surface area contributed by atoms with Crippen LogP contribution >= 0.6 is 11.3 Å². The minimum Gasteiger partial charge on any atom is -0.317 e. The third-order valence-electron chi connectivity index (χ3n) is 4.15. The maximum atomic E-state index is 4.66. The van der Waals surface area contributed by atoms with Gasteiger partial charge in [-0.1, -0.05) is 0 Å². The fraction of sp³-hybridized carbons (Fsp3) is 0.357. The van der Waals surface area contributed by atoms with E-state index < -0.39 is 0 Å². The third-order valence-corrected chi connectivity index (χ3v) is 5.03.